The largest absolute Gasteiger partial charge is 0.497 e. The van der Waals surface area contributed by atoms with E-state index in [9.17, 15) is 22.8 Å². The average molecular weight is 556 g/mol. The van der Waals surface area contributed by atoms with E-state index >= 15 is 0 Å². The first-order chi connectivity index (χ1) is 18.7. The van der Waals surface area contributed by atoms with Crippen molar-refractivity contribution in [1.29, 1.82) is 0 Å². The zero-order chi connectivity index (χ0) is 27.8. The van der Waals surface area contributed by atoms with Crippen molar-refractivity contribution in [2.75, 3.05) is 20.2 Å². The number of halogens is 3. The number of carbonyl (C=O) groups excluding carboxylic acids is 2. The Balaban J connectivity index is 1.51. The summed E-state index contributed by atoms with van der Waals surface area (Å²) in [5, 5.41) is 2.33. The molecular formula is C29H28F3N3O3S. The van der Waals surface area contributed by atoms with Crippen LogP contribution in [0.5, 0.6) is 5.75 Å². The number of nitrogens with zero attached hydrogens (tertiary/aromatic N) is 2. The van der Waals surface area contributed by atoms with Gasteiger partial charge in [0, 0.05) is 19.5 Å². The number of alkyl halides is 3. The number of thioether (sulfide) groups is 1. The van der Waals surface area contributed by atoms with Crippen LogP contribution in [0.15, 0.2) is 83.9 Å². The fourth-order valence-corrected chi connectivity index (χ4v) is 5.19. The van der Waals surface area contributed by atoms with Gasteiger partial charge in [-0.2, -0.15) is 13.2 Å². The predicted molar refractivity (Wildman–Crippen MR) is 146 cm³/mol. The molecule has 0 saturated carbocycles. The molecule has 1 N–H and O–H groups in total. The molecule has 1 saturated heterocycles. The van der Waals surface area contributed by atoms with Crippen LogP contribution < -0.4 is 10.1 Å². The molecule has 0 aliphatic carbocycles. The number of benzene rings is 3. The van der Waals surface area contributed by atoms with Crippen LogP contribution >= 0.6 is 11.8 Å². The minimum Gasteiger partial charge on any atom is -0.497 e. The molecule has 1 aliphatic rings. The topological polar surface area (TPSA) is 71.0 Å². The van der Waals surface area contributed by atoms with Crippen LogP contribution in [0.4, 0.5) is 18.9 Å². The molecule has 204 valence electrons. The molecule has 0 spiro atoms. The third kappa shape index (κ3) is 7.86. The van der Waals surface area contributed by atoms with E-state index in [2.05, 4.69) is 10.3 Å². The van der Waals surface area contributed by atoms with Crippen molar-refractivity contribution in [3.05, 3.63) is 95.6 Å². The molecular weight excluding hydrogens is 527 g/mol. The Morgan fingerprint density at radius 3 is 2.44 bits per heavy atom. The first kappa shape index (κ1) is 28.2. The van der Waals surface area contributed by atoms with Crippen molar-refractivity contribution in [2.45, 2.75) is 30.7 Å². The van der Waals surface area contributed by atoms with Crippen molar-refractivity contribution in [3.8, 4) is 5.75 Å². The van der Waals surface area contributed by atoms with Gasteiger partial charge in [-0.3, -0.25) is 14.5 Å². The van der Waals surface area contributed by atoms with E-state index in [1.165, 1.54) is 17.0 Å². The first-order valence-corrected chi connectivity index (χ1v) is 13.3. The summed E-state index contributed by atoms with van der Waals surface area (Å²) in [4.78, 5) is 32.0. The molecule has 6 nitrogen and oxygen atoms in total. The molecule has 4 rings (SSSR count). The SMILES string of the molecule is COc1ccc(CCN2C(=O)CC(C(=O)NCCc3ccccc3)SC2=Nc2cccc(C(F)(F)F)c2)cc1. The smallest absolute Gasteiger partial charge is 0.416 e. The lowest BCUT2D eigenvalue weighted by molar-refractivity contribution is -0.137. The maximum atomic E-state index is 13.3. The lowest BCUT2D eigenvalue weighted by atomic mass is 10.1. The van der Waals surface area contributed by atoms with Crippen LogP contribution in [0.3, 0.4) is 0 Å². The minimum absolute atomic E-state index is 0.0357. The summed E-state index contributed by atoms with van der Waals surface area (Å²) in [6.45, 7) is 0.660. The van der Waals surface area contributed by atoms with Gasteiger partial charge in [-0.1, -0.05) is 60.3 Å². The highest BCUT2D eigenvalue weighted by Crippen LogP contribution is 2.33. The molecule has 3 aromatic carbocycles. The Bertz CT molecular complexity index is 1310. The van der Waals surface area contributed by atoms with E-state index < -0.39 is 17.0 Å². The molecule has 0 bridgehead atoms. The predicted octanol–water partition coefficient (Wildman–Crippen LogP) is 5.64. The van der Waals surface area contributed by atoms with Crippen molar-refractivity contribution in [1.82, 2.24) is 10.2 Å². The number of hydrogen-bond donors (Lipinski definition) is 1. The third-order valence-electron chi connectivity index (χ3n) is 6.17. The number of methoxy groups -OCH3 is 1. The van der Waals surface area contributed by atoms with Gasteiger partial charge >= 0.3 is 6.18 Å². The summed E-state index contributed by atoms with van der Waals surface area (Å²) in [7, 11) is 1.57. The van der Waals surface area contributed by atoms with Crippen LogP contribution in [0, 0.1) is 0 Å². The summed E-state index contributed by atoms with van der Waals surface area (Å²) in [5.74, 6) is 0.0864. The fraction of sp³-hybridized carbons (Fsp3) is 0.276. The Labute approximate surface area is 229 Å². The van der Waals surface area contributed by atoms with Crippen LogP contribution in [0.25, 0.3) is 0 Å². The quantitative estimate of drug-likeness (QED) is 0.371. The first-order valence-electron chi connectivity index (χ1n) is 12.4. The standard InChI is InChI=1S/C29H28F3N3O3S/c1-38-24-12-10-21(11-13-24)15-17-35-26(36)19-25(27(37)33-16-14-20-6-3-2-4-7-20)39-28(35)34-23-9-5-8-22(18-23)29(30,31)32/h2-13,18,25H,14-17,19H2,1H3,(H,33,37). The second-order valence-corrected chi connectivity index (χ2v) is 10.1. The average Bonchev–Trinajstić information content (AvgIpc) is 2.93. The summed E-state index contributed by atoms with van der Waals surface area (Å²) in [5.41, 5.74) is 1.24. The number of amides is 2. The Morgan fingerprint density at radius 2 is 1.74 bits per heavy atom. The zero-order valence-electron chi connectivity index (χ0n) is 21.3. The van der Waals surface area contributed by atoms with Gasteiger partial charge in [0.25, 0.3) is 0 Å². The molecule has 1 unspecified atom stereocenters. The summed E-state index contributed by atoms with van der Waals surface area (Å²) < 4.78 is 45.0. The number of aliphatic imine (C=N–C) groups is 1. The van der Waals surface area contributed by atoms with Gasteiger partial charge in [0.05, 0.1) is 23.6 Å². The van der Waals surface area contributed by atoms with Crippen LogP contribution in [-0.4, -0.2) is 47.3 Å². The monoisotopic (exact) mass is 555 g/mol. The molecule has 0 aromatic heterocycles. The highest BCUT2D eigenvalue weighted by molar-refractivity contribution is 8.15. The molecule has 1 atom stereocenters. The molecule has 3 aromatic rings. The van der Waals surface area contributed by atoms with Gasteiger partial charge < -0.3 is 10.1 Å². The maximum Gasteiger partial charge on any atom is 0.416 e. The Morgan fingerprint density at radius 1 is 1.03 bits per heavy atom. The van der Waals surface area contributed by atoms with E-state index in [0.717, 1.165) is 35.0 Å². The normalized spacial score (nSPS) is 16.8. The number of carbonyl (C=O) groups is 2. The fourth-order valence-electron chi connectivity index (χ4n) is 4.05. The van der Waals surface area contributed by atoms with E-state index in [1.54, 1.807) is 7.11 Å². The molecule has 39 heavy (non-hydrogen) atoms. The van der Waals surface area contributed by atoms with E-state index in [-0.39, 0.29) is 35.6 Å². The highest BCUT2D eigenvalue weighted by Gasteiger charge is 2.36. The lowest BCUT2D eigenvalue weighted by Gasteiger charge is -2.32. The summed E-state index contributed by atoms with van der Waals surface area (Å²) >= 11 is 1.09. The lowest BCUT2D eigenvalue weighted by Crippen LogP contribution is -2.47. The number of hydrogen-bond acceptors (Lipinski definition) is 5. The summed E-state index contributed by atoms with van der Waals surface area (Å²) in [6, 6.07) is 21.7. The highest BCUT2D eigenvalue weighted by atomic mass is 32.2. The third-order valence-corrected chi connectivity index (χ3v) is 7.36. The van der Waals surface area contributed by atoms with Crippen LogP contribution in [0.2, 0.25) is 0 Å². The molecule has 1 heterocycles. The van der Waals surface area contributed by atoms with Gasteiger partial charge in [-0.25, -0.2) is 4.99 Å². The van der Waals surface area contributed by atoms with Gasteiger partial charge in [-0.15, -0.1) is 0 Å². The molecule has 1 fully saturated rings. The Kier molecular flexibility index (Phi) is 9.29. The number of ether oxygens (including phenoxy) is 1. The van der Waals surface area contributed by atoms with Gasteiger partial charge in [0.2, 0.25) is 11.8 Å². The Hall–Kier alpha value is -3.79. The van der Waals surface area contributed by atoms with Crippen molar-refractivity contribution >= 4 is 34.4 Å². The van der Waals surface area contributed by atoms with E-state index in [1.807, 2.05) is 54.6 Å². The van der Waals surface area contributed by atoms with E-state index in [4.69, 9.17) is 4.74 Å². The molecule has 0 radical (unpaired) electrons. The van der Waals surface area contributed by atoms with Crippen LogP contribution in [0.1, 0.15) is 23.1 Å². The minimum atomic E-state index is -4.53. The molecule has 10 heteroatoms. The second-order valence-electron chi connectivity index (χ2n) is 8.92. The van der Waals surface area contributed by atoms with E-state index in [0.29, 0.717) is 25.1 Å². The van der Waals surface area contributed by atoms with Crippen LogP contribution in [-0.2, 0) is 28.6 Å². The zero-order valence-corrected chi connectivity index (χ0v) is 22.1. The molecule has 2 amide bonds. The number of amidine groups is 1. The molecule has 1 aliphatic heterocycles. The summed E-state index contributed by atoms with van der Waals surface area (Å²) in [6.07, 6.45) is -3.43. The number of rotatable bonds is 9. The van der Waals surface area contributed by atoms with Crippen molar-refractivity contribution in [3.63, 3.8) is 0 Å². The van der Waals surface area contributed by atoms with Crippen molar-refractivity contribution in [2.24, 2.45) is 4.99 Å². The second kappa shape index (κ2) is 12.8. The van der Waals surface area contributed by atoms with Crippen molar-refractivity contribution < 1.29 is 27.5 Å². The van der Waals surface area contributed by atoms with Gasteiger partial charge in [0.1, 0.15) is 5.75 Å². The maximum absolute atomic E-state index is 13.3. The van der Waals surface area contributed by atoms with Gasteiger partial charge in [0.15, 0.2) is 5.17 Å². The van der Waals surface area contributed by atoms with Gasteiger partial charge in [-0.05, 0) is 54.3 Å². The number of nitrogens with one attached hydrogen (secondary N) is 1.